The van der Waals surface area contributed by atoms with Crippen LogP contribution in [0.2, 0.25) is 0 Å². The van der Waals surface area contributed by atoms with Gasteiger partial charge in [0, 0.05) is 13.2 Å². The van der Waals surface area contributed by atoms with E-state index in [1.54, 1.807) is 0 Å². The summed E-state index contributed by atoms with van der Waals surface area (Å²) >= 11 is 0. The van der Waals surface area contributed by atoms with Gasteiger partial charge in [-0.25, -0.2) is 0 Å². The summed E-state index contributed by atoms with van der Waals surface area (Å²) in [4.78, 5) is 0. The standard InChI is InChI=1S/C8H15NO.ClH/c1-10-8-3-5-2-6(9)4-7(5)8;/h5-8H,2-4,9H2,1H3;1H/t5-,6?,7-,8?;/m0./s1. The Bertz CT molecular complexity index is 138. The van der Waals surface area contributed by atoms with Crippen molar-refractivity contribution < 1.29 is 4.74 Å². The van der Waals surface area contributed by atoms with E-state index in [2.05, 4.69) is 0 Å². The second-order valence-corrected chi connectivity index (χ2v) is 3.67. The molecule has 0 radical (unpaired) electrons. The van der Waals surface area contributed by atoms with Gasteiger partial charge in [-0.3, -0.25) is 0 Å². The molecule has 3 heteroatoms. The van der Waals surface area contributed by atoms with Gasteiger partial charge >= 0.3 is 0 Å². The second kappa shape index (κ2) is 3.30. The van der Waals surface area contributed by atoms with Crippen molar-refractivity contribution in [3.63, 3.8) is 0 Å². The third kappa shape index (κ3) is 1.40. The predicted octanol–water partition coefficient (Wildman–Crippen LogP) is 1.18. The highest BCUT2D eigenvalue weighted by molar-refractivity contribution is 5.85. The normalized spacial score (nSPS) is 47.5. The van der Waals surface area contributed by atoms with E-state index in [0.29, 0.717) is 12.1 Å². The summed E-state index contributed by atoms with van der Waals surface area (Å²) in [7, 11) is 1.81. The van der Waals surface area contributed by atoms with Crippen LogP contribution in [0.15, 0.2) is 0 Å². The van der Waals surface area contributed by atoms with Gasteiger partial charge in [-0.05, 0) is 31.1 Å². The van der Waals surface area contributed by atoms with Crippen molar-refractivity contribution in [2.24, 2.45) is 17.6 Å². The number of hydrogen-bond acceptors (Lipinski definition) is 2. The molecule has 2 nitrogen and oxygen atoms in total. The molecule has 0 heterocycles. The van der Waals surface area contributed by atoms with Crippen LogP contribution in [-0.4, -0.2) is 19.3 Å². The van der Waals surface area contributed by atoms with Crippen LogP contribution in [0, 0.1) is 11.8 Å². The average molecular weight is 178 g/mol. The van der Waals surface area contributed by atoms with Crippen LogP contribution in [-0.2, 0) is 4.74 Å². The van der Waals surface area contributed by atoms with Crippen LogP contribution < -0.4 is 5.73 Å². The molecule has 2 N–H and O–H groups in total. The minimum absolute atomic E-state index is 0. The zero-order valence-electron chi connectivity index (χ0n) is 6.82. The highest BCUT2D eigenvalue weighted by atomic mass is 35.5. The number of halogens is 1. The van der Waals surface area contributed by atoms with E-state index in [4.69, 9.17) is 10.5 Å². The van der Waals surface area contributed by atoms with Crippen LogP contribution in [0.4, 0.5) is 0 Å². The lowest BCUT2D eigenvalue weighted by Crippen LogP contribution is -2.38. The van der Waals surface area contributed by atoms with Crippen molar-refractivity contribution in [3.05, 3.63) is 0 Å². The van der Waals surface area contributed by atoms with E-state index in [-0.39, 0.29) is 12.4 Å². The van der Waals surface area contributed by atoms with Crippen molar-refractivity contribution in [2.45, 2.75) is 31.4 Å². The molecule has 4 atom stereocenters. The minimum Gasteiger partial charge on any atom is -0.381 e. The Labute approximate surface area is 73.9 Å². The van der Waals surface area contributed by atoms with Gasteiger partial charge in [0.25, 0.3) is 0 Å². The molecule has 0 aromatic rings. The summed E-state index contributed by atoms with van der Waals surface area (Å²) in [6, 6.07) is 0.468. The molecule has 0 aromatic carbocycles. The fourth-order valence-electron chi connectivity index (χ4n) is 2.48. The summed E-state index contributed by atoms with van der Waals surface area (Å²) in [5, 5.41) is 0. The smallest absolute Gasteiger partial charge is 0.0605 e. The number of fused-ring (bicyclic) bond motifs is 1. The molecule has 2 aliphatic carbocycles. The number of hydrogen-bond donors (Lipinski definition) is 1. The Morgan fingerprint density at radius 3 is 2.55 bits per heavy atom. The fraction of sp³-hybridized carbons (Fsp3) is 1.00. The topological polar surface area (TPSA) is 35.2 Å². The van der Waals surface area contributed by atoms with Gasteiger partial charge in [-0.15, -0.1) is 12.4 Å². The third-order valence-electron chi connectivity index (χ3n) is 3.10. The first kappa shape index (κ1) is 9.30. The molecular weight excluding hydrogens is 162 g/mol. The summed E-state index contributed by atoms with van der Waals surface area (Å²) in [5.74, 6) is 1.71. The number of rotatable bonds is 1. The highest BCUT2D eigenvalue weighted by Gasteiger charge is 2.46. The average Bonchev–Trinajstić information content (AvgIpc) is 2.15. The van der Waals surface area contributed by atoms with E-state index >= 15 is 0 Å². The Hall–Kier alpha value is 0.210. The van der Waals surface area contributed by atoms with Crippen LogP contribution in [0.1, 0.15) is 19.3 Å². The minimum atomic E-state index is 0. The maximum absolute atomic E-state index is 5.82. The molecule has 66 valence electrons. The quantitative estimate of drug-likeness (QED) is 0.653. The molecule has 0 aromatic heterocycles. The number of nitrogens with two attached hydrogens (primary N) is 1. The van der Waals surface area contributed by atoms with E-state index in [1.807, 2.05) is 7.11 Å². The molecule has 2 saturated carbocycles. The fourth-order valence-corrected chi connectivity index (χ4v) is 2.48. The molecule has 2 unspecified atom stereocenters. The second-order valence-electron chi connectivity index (χ2n) is 3.67. The maximum atomic E-state index is 5.82. The van der Waals surface area contributed by atoms with Crippen LogP contribution in [0.3, 0.4) is 0 Å². The van der Waals surface area contributed by atoms with E-state index in [0.717, 1.165) is 11.8 Å². The summed E-state index contributed by atoms with van der Waals surface area (Å²) in [6.07, 6.45) is 4.24. The lowest BCUT2D eigenvalue weighted by Gasteiger charge is -2.38. The molecule has 2 fully saturated rings. The molecule has 2 aliphatic rings. The molecular formula is C8H16ClNO. The van der Waals surface area contributed by atoms with Crippen LogP contribution >= 0.6 is 12.4 Å². The van der Waals surface area contributed by atoms with Gasteiger partial charge in [-0.2, -0.15) is 0 Å². The summed E-state index contributed by atoms with van der Waals surface area (Å²) in [5.41, 5.74) is 5.82. The maximum Gasteiger partial charge on any atom is 0.0605 e. The van der Waals surface area contributed by atoms with Crippen molar-refractivity contribution in [2.75, 3.05) is 7.11 Å². The van der Waals surface area contributed by atoms with Gasteiger partial charge in [-0.1, -0.05) is 0 Å². The van der Waals surface area contributed by atoms with Gasteiger partial charge in [0.05, 0.1) is 6.10 Å². The number of ether oxygens (including phenoxy) is 1. The summed E-state index contributed by atoms with van der Waals surface area (Å²) in [6.45, 7) is 0. The molecule has 0 aliphatic heterocycles. The Balaban J connectivity index is 0.000000605. The largest absolute Gasteiger partial charge is 0.381 e. The Kier molecular flexibility index (Phi) is 2.79. The SMILES string of the molecule is COC1C[C@@H]2CC(N)C[C@H]12.Cl. The Morgan fingerprint density at radius 2 is 2.00 bits per heavy atom. The van der Waals surface area contributed by atoms with Gasteiger partial charge in [0.2, 0.25) is 0 Å². The molecule has 11 heavy (non-hydrogen) atoms. The lowest BCUT2D eigenvalue weighted by molar-refractivity contribution is -0.0477. The van der Waals surface area contributed by atoms with Crippen molar-refractivity contribution in [1.29, 1.82) is 0 Å². The first-order chi connectivity index (χ1) is 4.81. The summed E-state index contributed by atoms with van der Waals surface area (Å²) < 4.78 is 5.29. The van der Waals surface area contributed by atoms with E-state index in [9.17, 15) is 0 Å². The first-order valence-corrected chi connectivity index (χ1v) is 4.09. The van der Waals surface area contributed by atoms with Crippen molar-refractivity contribution in [1.82, 2.24) is 0 Å². The zero-order valence-corrected chi connectivity index (χ0v) is 7.64. The molecule has 0 spiro atoms. The van der Waals surface area contributed by atoms with E-state index < -0.39 is 0 Å². The van der Waals surface area contributed by atoms with Gasteiger partial charge in [0.15, 0.2) is 0 Å². The van der Waals surface area contributed by atoms with E-state index in [1.165, 1.54) is 19.3 Å². The molecule has 0 saturated heterocycles. The van der Waals surface area contributed by atoms with Gasteiger partial charge < -0.3 is 10.5 Å². The van der Waals surface area contributed by atoms with Crippen molar-refractivity contribution in [3.8, 4) is 0 Å². The monoisotopic (exact) mass is 177 g/mol. The first-order valence-electron chi connectivity index (χ1n) is 4.09. The highest BCUT2D eigenvalue weighted by Crippen LogP contribution is 2.47. The Morgan fingerprint density at radius 1 is 1.27 bits per heavy atom. The van der Waals surface area contributed by atoms with Crippen LogP contribution in [0.25, 0.3) is 0 Å². The third-order valence-corrected chi connectivity index (χ3v) is 3.10. The van der Waals surface area contributed by atoms with Gasteiger partial charge in [0.1, 0.15) is 0 Å². The lowest BCUT2D eigenvalue weighted by atomic mass is 9.73. The predicted molar refractivity (Wildman–Crippen MR) is 46.9 cm³/mol. The van der Waals surface area contributed by atoms with Crippen LogP contribution in [0.5, 0.6) is 0 Å². The van der Waals surface area contributed by atoms with Crippen molar-refractivity contribution >= 4 is 12.4 Å². The molecule has 0 amide bonds. The zero-order chi connectivity index (χ0) is 7.14. The molecule has 0 bridgehead atoms. The number of methoxy groups -OCH3 is 1. The molecule has 2 rings (SSSR count).